The van der Waals surface area contributed by atoms with E-state index in [0.29, 0.717) is 12.0 Å². The molecule has 1 aliphatic carbocycles. The highest BCUT2D eigenvalue weighted by Crippen LogP contribution is 2.29. The number of carbonyl (C=O) groups excluding carboxylic acids is 1. The molecule has 1 atom stereocenters. The number of rotatable bonds is 6. The van der Waals surface area contributed by atoms with Crippen molar-refractivity contribution in [2.45, 2.75) is 32.2 Å². The first-order chi connectivity index (χ1) is 10.0. The molecule has 0 bridgehead atoms. The second-order valence-corrected chi connectivity index (χ2v) is 5.46. The van der Waals surface area contributed by atoms with Crippen LogP contribution in [-0.2, 0) is 11.2 Å². The minimum atomic E-state index is -0.891. The molecule has 5 heteroatoms. The first-order valence-electron chi connectivity index (χ1n) is 7.02. The van der Waals surface area contributed by atoms with Crippen LogP contribution in [-0.4, -0.2) is 34.5 Å². The second kappa shape index (κ2) is 6.40. The normalized spacial score (nSPS) is 15.0. The van der Waals surface area contributed by atoms with E-state index in [0.717, 1.165) is 18.4 Å². The predicted octanol–water partition coefficient (Wildman–Crippen LogP) is 2.08. The highest BCUT2D eigenvalue weighted by Gasteiger charge is 2.34. The molecule has 0 aromatic heterocycles. The van der Waals surface area contributed by atoms with Crippen LogP contribution in [0.15, 0.2) is 24.3 Å². The molecule has 5 nitrogen and oxygen atoms in total. The van der Waals surface area contributed by atoms with Crippen molar-refractivity contribution >= 4 is 11.9 Å². The summed E-state index contributed by atoms with van der Waals surface area (Å²) in [4.78, 5) is 25.2. The van der Waals surface area contributed by atoms with E-state index in [2.05, 4.69) is 6.07 Å². The number of carboxylic acid groups (broad SMARTS) is 1. The van der Waals surface area contributed by atoms with Crippen LogP contribution in [0.25, 0.3) is 0 Å². The van der Waals surface area contributed by atoms with E-state index in [1.54, 1.807) is 36.1 Å². The van der Waals surface area contributed by atoms with E-state index in [9.17, 15) is 9.59 Å². The van der Waals surface area contributed by atoms with Crippen LogP contribution in [0.3, 0.4) is 0 Å². The molecule has 1 N–H and O–H groups in total. The quantitative estimate of drug-likeness (QED) is 0.868. The van der Waals surface area contributed by atoms with Crippen LogP contribution in [0.4, 0.5) is 0 Å². The number of nitrogens with zero attached hydrogens (tertiary/aromatic N) is 2. The average molecular weight is 286 g/mol. The molecule has 1 saturated carbocycles. The van der Waals surface area contributed by atoms with Crippen molar-refractivity contribution in [2.75, 3.05) is 6.54 Å². The standard InChI is InChI=1S/C16H18N2O3/c1-11(16(20)21)10-18(14-6-7-14)15(19)13-4-2-12(3-5-13)8-9-17/h2-5,11,14H,6-8,10H2,1H3,(H,20,21). The zero-order valence-corrected chi connectivity index (χ0v) is 12.0. The number of aliphatic carboxylic acids is 1. The molecule has 1 aromatic rings. The topological polar surface area (TPSA) is 81.4 Å². The molecule has 0 saturated heterocycles. The van der Waals surface area contributed by atoms with Gasteiger partial charge >= 0.3 is 5.97 Å². The summed E-state index contributed by atoms with van der Waals surface area (Å²) in [6.07, 6.45) is 2.19. The average Bonchev–Trinajstić information content (AvgIpc) is 3.29. The van der Waals surface area contributed by atoms with Crippen molar-refractivity contribution in [2.24, 2.45) is 5.92 Å². The SMILES string of the molecule is CC(CN(C(=O)c1ccc(CC#N)cc1)C1CC1)C(=O)O. The van der Waals surface area contributed by atoms with E-state index >= 15 is 0 Å². The van der Waals surface area contributed by atoms with Gasteiger partial charge in [-0.1, -0.05) is 19.1 Å². The van der Waals surface area contributed by atoms with Crippen LogP contribution in [0.1, 0.15) is 35.7 Å². The molecule has 0 heterocycles. The van der Waals surface area contributed by atoms with Crippen molar-refractivity contribution in [1.29, 1.82) is 5.26 Å². The maximum absolute atomic E-state index is 12.5. The third-order valence-corrected chi connectivity index (χ3v) is 3.62. The van der Waals surface area contributed by atoms with Gasteiger partial charge in [-0.3, -0.25) is 9.59 Å². The molecule has 0 radical (unpaired) electrons. The molecule has 21 heavy (non-hydrogen) atoms. The Hall–Kier alpha value is -2.35. The Morgan fingerprint density at radius 3 is 2.48 bits per heavy atom. The Labute approximate surface area is 123 Å². The van der Waals surface area contributed by atoms with Gasteiger partial charge in [0.2, 0.25) is 0 Å². The molecule has 1 unspecified atom stereocenters. The van der Waals surface area contributed by atoms with Gasteiger partial charge < -0.3 is 10.0 Å². The number of hydrogen-bond acceptors (Lipinski definition) is 3. The molecule has 1 amide bonds. The summed E-state index contributed by atoms with van der Waals surface area (Å²) in [6, 6.07) is 9.17. The number of nitriles is 1. The van der Waals surface area contributed by atoms with Gasteiger partial charge in [-0.05, 0) is 30.5 Å². The highest BCUT2D eigenvalue weighted by molar-refractivity contribution is 5.95. The number of benzene rings is 1. The molecule has 1 aliphatic rings. The minimum absolute atomic E-state index is 0.130. The lowest BCUT2D eigenvalue weighted by molar-refractivity contribution is -0.141. The van der Waals surface area contributed by atoms with Gasteiger partial charge in [-0.25, -0.2) is 0 Å². The van der Waals surface area contributed by atoms with Crippen molar-refractivity contribution < 1.29 is 14.7 Å². The van der Waals surface area contributed by atoms with Crippen LogP contribution < -0.4 is 0 Å². The van der Waals surface area contributed by atoms with E-state index in [1.807, 2.05) is 0 Å². The van der Waals surface area contributed by atoms with E-state index < -0.39 is 11.9 Å². The highest BCUT2D eigenvalue weighted by atomic mass is 16.4. The molecule has 0 aliphatic heterocycles. The number of amides is 1. The number of carbonyl (C=O) groups is 2. The molecule has 2 rings (SSSR count). The van der Waals surface area contributed by atoms with E-state index in [4.69, 9.17) is 10.4 Å². The predicted molar refractivity (Wildman–Crippen MR) is 76.6 cm³/mol. The van der Waals surface area contributed by atoms with Crippen molar-refractivity contribution in [1.82, 2.24) is 4.90 Å². The van der Waals surface area contributed by atoms with Gasteiger partial charge in [0.25, 0.3) is 5.91 Å². The first kappa shape index (κ1) is 15.0. The fourth-order valence-electron chi connectivity index (χ4n) is 2.18. The van der Waals surface area contributed by atoms with Gasteiger partial charge in [-0.2, -0.15) is 5.26 Å². The lowest BCUT2D eigenvalue weighted by Gasteiger charge is -2.24. The zero-order chi connectivity index (χ0) is 15.4. The molecule has 1 fully saturated rings. The third-order valence-electron chi connectivity index (χ3n) is 3.62. The monoisotopic (exact) mass is 286 g/mol. The van der Waals surface area contributed by atoms with Crippen LogP contribution in [0.2, 0.25) is 0 Å². The summed E-state index contributed by atoms with van der Waals surface area (Å²) in [5.41, 5.74) is 1.41. The molecular formula is C16H18N2O3. The molecule has 0 spiro atoms. The maximum Gasteiger partial charge on any atom is 0.308 e. The second-order valence-electron chi connectivity index (χ2n) is 5.46. The molecule has 1 aromatic carbocycles. The summed E-state index contributed by atoms with van der Waals surface area (Å²) in [5.74, 6) is -1.60. The summed E-state index contributed by atoms with van der Waals surface area (Å²) >= 11 is 0. The van der Waals surface area contributed by atoms with Crippen LogP contribution in [0.5, 0.6) is 0 Å². The molecular weight excluding hydrogens is 268 g/mol. The fourth-order valence-corrected chi connectivity index (χ4v) is 2.18. The maximum atomic E-state index is 12.5. The van der Waals surface area contributed by atoms with Gasteiger partial charge in [0.05, 0.1) is 18.4 Å². The molecule has 110 valence electrons. The van der Waals surface area contributed by atoms with Gasteiger partial charge in [0, 0.05) is 18.2 Å². The summed E-state index contributed by atoms with van der Waals surface area (Å²) < 4.78 is 0. The third kappa shape index (κ3) is 3.82. The first-order valence-corrected chi connectivity index (χ1v) is 7.02. The van der Waals surface area contributed by atoms with Crippen molar-refractivity contribution in [3.8, 4) is 6.07 Å². The van der Waals surface area contributed by atoms with Crippen molar-refractivity contribution in [3.05, 3.63) is 35.4 Å². The Bertz CT molecular complexity index is 570. The fraction of sp³-hybridized carbons (Fsp3) is 0.438. The zero-order valence-electron chi connectivity index (χ0n) is 12.0. The van der Waals surface area contributed by atoms with Crippen LogP contribution >= 0.6 is 0 Å². The van der Waals surface area contributed by atoms with E-state index in [-0.39, 0.29) is 18.5 Å². The van der Waals surface area contributed by atoms with Crippen LogP contribution in [0, 0.1) is 17.2 Å². The van der Waals surface area contributed by atoms with Gasteiger partial charge in [0.15, 0.2) is 0 Å². The Morgan fingerprint density at radius 1 is 1.38 bits per heavy atom. The summed E-state index contributed by atoms with van der Waals surface area (Å²) in [5, 5.41) is 17.7. The van der Waals surface area contributed by atoms with Gasteiger partial charge in [-0.15, -0.1) is 0 Å². The lowest BCUT2D eigenvalue weighted by Crippen LogP contribution is -2.38. The Kier molecular flexibility index (Phi) is 4.59. The Balaban J connectivity index is 2.11. The number of carboxylic acids is 1. The summed E-state index contributed by atoms with van der Waals surface area (Å²) in [6.45, 7) is 1.85. The minimum Gasteiger partial charge on any atom is -0.481 e. The Morgan fingerprint density at radius 2 is 2.00 bits per heavy atom. The van der Waals surface area contributed by atoms with Crippen molar-refractivity contribution in [3.63, 3.8) is 0 Å². The summed E-state index contributed by atoms with van der Waals surface area (Å²) in [7, 11) is 0. The number of hydrogen-bond donors (Lipinski definition) is 1. The smallest absolute Gasteiger partial charge is 0.308 e. The largest absolute Gasteiger partial charge is 0.481 e. The van der Waals surface area contributed by atoms with Gasteiger partial charge in [0.1, 0.15) is 0 Å². The lowest BCUT2D eigenvalue weighted by atomic mass is 10.1. The van der Waals surface area contributed by atoms with E-state index in [1.165, 1.54) is 0 Å².